The van der Waals surface area contributed by atoms with Crippen LogP contribution in [0.1, 0.15) is 0 Å². The van der Waals surface area contributed by atoms with Gasteiger partial charge in [-0.05, 0) is 12.1 Å². The lowest BCUT2D eigenvalue weighted by molar-refractivity contribution is 0.352. The molecule has 0 unspecified atom stereocenters. The Balaban J connectivity index is 2.61. The molecule has 0 bridgehead atoms. The fourth-order valence-corrected chi connectivity index (χ4v) is 0.904. The van der Waals surface area contributed by atoms with Crippen LogP contribution >= 0.6 is 0 Å². The van der Waals surface area contributed by atoms with E-state index in [1.165, 1.54) is 0 Å². The van der Waals surface area contributed by atoms with Crippen molar-refractivity contribution in [3.05, 3.63) is 24.3 Å². The smallest absolute Gasteiger partial charge is 0.148 e. The summed E-state index contributed by atoms with van der Waals surface area (Å²) in [4.78, 5) is 0. The normalized spacial score (nSPS) is 8.43. The molecule has 70 valence electrons. The molecule has 1 aromatic rings. The van der Waals surface area contributed by atoms with Gasteiger partial charge in [0.1, 0.15) is 24.7 Å². The predicted octanol–water partition coefficient (Wildman–Crippen LogP) is 1.71. The third kappa shape index (κ3) is 3.13. The highest BCUT2D eigenvalue weighted by Gasteiger charge is 1.95. The third-order valence-electron chi connectivity index (χ3n) is 1.45. The highest BCUT2D eigenvalue weighted by molar-refractivity contribution is 5.33. The average Bonchev–Trinajstić information content (AvgIpc) is 2.24. The van der Waals surface area contributed by atoms with Crippen LogP contribution in [-0.4, -0.2) is 13.2 Å². The quantitative estimate of drug-likeness (QED) is 0.666. The maximum atomic E-state index is 5.21. The molecule has 0 spiro atoms. The van der Waals surface area contributed by atoms with Crippen LogP contribution in [0.15, 0.2) is 24.3 Å². The number of rotatable bonds is 4. The SMILES string of the molecule is C#CCOc1cccc(OCC#C)c1. The monoisotopic (exact) mass is 186 g/mol. The molecule has 1 aromatic carbocycles. The van der Waals surface area contributed by atoms with E-state index in [1.807, 2.05) is 6.07 Å². The summed E-state index contributed by atoms with van der Waals surface area (Å²) < 4.78 is 10.4. The van der Waals surface area contributed by atoms with Crippen molar-refractivity contribution in [3.63, 3.8) is 0 Å². The van der Waals surface area contributed by atoms with Gasteiger partial charge in [0, 0.05) is 6.07 Å². The summed E-state index contributed by atoms with van der Waals surface area (Å²) in [6, 6.07) is 7.17. The van der Waals surface area contributed by atoms with Crippen molar-refractivity contribution in [1.82, 2.24) is 0 Å². The van der Waals surface area contributed by atoms with E-state index in [9.17, 15) is 0 Å². The molecule has 0 aliphatic rings. The van der Waals surface area contributed by atoms with Crippen molar-refractivity contribution in [2.75, 3.05) is 13.2 Å². The highest BCUT2D eigenvalue weighted by Crippen LogP contribution is 2.18. The molecule has 0 radical (unpaired) electrons. The Morgan fingerprint density at radius 2 is 1.50 bits per heavy atom. The summed E-state index contributed by atoms with van der Waals surface area (Å²) in [7, 11) is 0. The minimum absolute atomic E-state index is 0.249. The van der Waals surface area contributed by atoms with Crippen molar-refractivity contribution >= 4 is 0 Å². The Labute approximate surface area is 83.8 Å². The van der Waals surface area contributed by atoms with Gasteiger partial charge in [0.2, 0.25) is 0 Å². The molecule has 2 nitrogen and oxygen atoms in total. The number of terminal acetylenes is 2. The molecule has 2 heteroatoms. The Bertz CT molecular complexity index is 335. The Morgan fingerprint density at radius 3 is 1.93 bits per heavy atom. The molecule has 0 N–H and O–H groups in total. The molecule has 0 amide bonds. The lowest BCUT2D eigenvalue weighted by Crippen LogP contribution is -1.96. The minimum Gasteiger partial charge on any atom is -0.481 e. The fourth-order valence-electron chi connectivity index (χ4n) is 0.904. The van der Waals surface area contributed by atoms with Crippen molar-refractivity contribution in [1.29, 1.82) is 0 Å². The van der Waals surface area contributed by atoms with E-state index in [1.54, 1.807) is 18.2 Å². The van der Waals surface area contributed by atoms with Crippen molar-refractivity contribution in [3.8, 4) is 36.2 Å². The van der Waals surface area contributed by atoms with Gasteiger partial charge in [-0.3, -0.25) is 0 Å². The summed E-state index contributed by atoms with van der Waals surface area (Å²) in [6.07, 6.45) is 10.1. The average molecular weight is 186 g/mol. The number of hydrogen-bond donors (Lipinski definition) is 0. The van der Waals surface area contributed by atoms with Crippen LogP contribution in [0.5, 0.6) is 11.5 Å². The van der Waals surface area contributed by atoms with Crippen LogP contribution in [0.3, 0.4) is 0 Å². The molecule has 0 fully saturated rings. The third-order valence-corrected chi connectivity index (χ3v) is 1.45. The van der Waals surface area contributed by atoms with E-state index < -0.39 is 0 Å². The van der Waals surface area contributed by atoms with Gasteiger partial charge in [0.15, 0.2) is 0 Å². The maximum absolute atomic E-state index is 5.21. The van der Waals surface area contributed by atoms with Crippen molar-refractivity contribution in [2.24, 2.45) is 0 Å². The lowest BCUT2D eigenvalue weighted by atomic mass is 10.3. The number of hydrogen-bond acceptors (Lipinski definition) is 2. The zero-order valence-corrected chi connectivity index (χ0v) is 7.69. The van der Waals surface area contributed by atoms with Gasteiger partial charge < -0.3 is 9.47 Å². The highest BCUT2D eigenvalue weighted by atomic mass is 16.5. The van der Waals surface area contributed by atoms with E-state index >= 15 is 0 Å². The zero-order valence-electron chi connectivity index (χ0n) is 7.69. The van der Waals surface area contributed by atoms with Crippen LogP contribution in [0.4, 0.5) is 0 Å². The largest absolute Gasteiger partial charge is 0.481 e. The minimum atomic E-state index is 0.249. The summed E-state index contributed by atoms with van der Waals surface area (Å²) in [6.45, 7) is 0.497. The number of ether oxygens (including phenoxy) is 2. The Kier molecular flexibility index (Phi) is 3.98. The van der Waals surface area contributed by atoms with Crippen LogP contribution in [0, 0.1) is 24.7 Å². The van der Waals surface area contributed by atoms with E-state index in [-0.39, 0.29) is 13.2 Å². The molecule has 0 atom stereocenters. The first kappa shape index (κ1) is 10.0. The second kappa shape index (κ2) is 5.56. The molecule has 0 aliphatic heterocycles. The molecule has 0 saturated carbocycles. The van der Waals surface area contributed by atoms with Crippen molar-refractivity contribution < 1.29 is 9.47 Å². The molecular formula is C12H10O2. The second-order valence-electron chi connectivity index (χ2n) is 2.46. The van der Waals surface area contributed by atoms with Crippen molar-refractivity contribution in [2.45, 2.75) is 0 Å². The van der Waals surface area contributed by atoms with Crippen LogP contribution in [-0.2, 0) is 0 Å². The van der Waals surface area contributed by atoms with E-state index in [4.69, 9.17) is 22.3 Å². The van der Waals surface area contributed by atoms with Gasteiger partial charge in [0.25, 0.3) is 0 Å². The van der Waals surface area contributed by atoms with E-state index in [0.717, 1.165) is 0 Å². The standard InChI is InChI=1S/C12H10O2/c1-3-8-13-11-6-5-7-12(10-11)14-9-4-2/h1-2,5-7,10H,8-9H2. The molecule has 0 heterocycles. The van der Waals surface area contributed by atoms with Gasteiger partial charge in [0.05, 0.1) is 0 Å². The molecule has 14 heavy (non-hydrogen) atoms. The van der Waals surface area contributed by atoms with Gasteiger partial charge in [-0.25, -0.2) is 0 Å². The predicted molar refractivity (Wildman–Crippen MR) is 55.1 cm³/mol. The van der Waals surface area contributed by atoms with Crippen LogP contribution in [0.2, 0.25) is 0 Å². The first-order valence-corrected chi connectivity index (χ1v) is 4.09. The van der Waals surface area contributed by atoms with Gasteiger partial charge in [-0.1, -0.05) is 17.9 Å². The molecule has 0 aromatic heterocycles. The maximum Gasteiger partial charge on any atom is 0.148 e. The Hall–Kier alpha value is -2.06. The molecule has 1 rings (SSSR count). The fraction of sp³-hybridized carbons (Fsp3) is 0.167. The first-order chi connectivity index (χ1) is 6.86. The van der Waals surface area contributed by atoms with Gasteiger partial charge >= 0.3 is 0 Å². The number of benzene rings is 1. The summed E-state index contributed by atoms with van der Waals surface area (Å²) >= 11 is 0. The summed E-state index contributed by atoms with van der Waals surface area (Å²) in [5.41, 5.74) is 0. The molecular weight excluding hydrogens is 176 g/mol. The lowest BCUT2D eigenvalue weighted by Gasteiger charge is -2.05. The summed E-state index contributed by atoms with van der Waals surface area (Å²) in [5.74, 6) is 6.12. The van der Waals surface area contributed by atoms with Crippen LogP contribution in [0.25, 0.3) is 0 Å². The zero-order chi connectivity index (χ0) is 10.2. The second-order valence-corrected chi connectivity index (χ2v) is 2.46. The molecule has 0 aliphatic carbocycles. The van der Waals surface area contributed by atoms with Crippen LogP contribution < -0.4 is 9.47 Å². The van der Waals surface area contributed by atoms with E-state index in [2.05, 4.69) is 11.8 Å². The molecule has 0 saturated heterocycles. The van der Waals surface area contributed by atoms with Gasteiger partial charge in [-0.15, -0.1) is 12.8 Å². The van der Waals surface area contributed by atoms with Gasteiger partial charge in [-0.2, -0.15) is 0 Å². The topological polar surface area (TPSA) is 18.5 Å². The van der Waals surface area contributed by atoms with E-state index in [0.29, 0.717) is 11.5 Å². The Morgan fingerprint density at radius 1 is 1.00 bits per heavy atom. The summed E-state index contributed by atoms with van der Waals surface area (Å²) in [5, 5.41) is 0. The first-order valence-electron chi connectivity index (χ1n) is 4.09.